The normalized spacial score (nSPS) is 11.3. The Kier molecular flexibility index (Phi) is 9.48. The van der Waals surface area contributed by atoms with Crippen molar-refractivity contribution in [3.8, 4) is 17.2 Å². The molecule has 4 aromatic rings. The Hall–Kier alpha value is -4.43. The lowest BCUT2D eigenvalue weighted by atomic mass is 10.1. The number of hydrogen-bond acceptors (Lipinski definition) is 6. The maximum Gasteiger partial charge on any atom is 0.263 e. The number of hydrogen-bond donors (Lipinski definition) is 2. The Bertz CT molecular complexity index is 1390. The summed E-state index contributed by atoms with van der Waals surface area (Å²) in [6, 6.07) is 29.5. The molecule has 0 saturated heterocycles. The lowest BCUT2D eigenvalue weighted by Gasteiger charge is -2.19. The molecule has 1 atom stereocenters. The Balaban J connectivity index is 1.52. The molecule has 0 aliphatic carbocycles. The van der Waals surface area contributed by atoms with Gasteiger partial charge in [-0.05, 0) is 61.0 Å². The molecule has 0 fully saturated rings. The minimum absolute atomic E-state index is 0.168. The first-order valence-corrected chi connectivity index (χ1v) is 13.3. The van der Waals surface area contributed by atoms with Crippen LogP contribution >= 0.6 is 11.8 Å². The number of methoxy groups -OCH3 is 2. The first-order chi connectivity index (χ1) is 19.0. The van der Waals surface area contributed by atoms with Gasteiger partial charge in [-0.2, -0.15) is 0 Å². The van der Waals surface area contributed by atoms with Gasteiger partial charge in [0.05, 0.1) is 26.5 Å². The average molecular weight is 543 g/mol. The van der Waals surface area contributed by atoms with Gasteiger partial charge >= 0.3 is 0 Å². The van der Waals surface area contributed by atoms with E-state index in [2.05, 4.69) is 10.6 Å². The first-order valence-electron chi connectivity index (χ1n) is 12.4. The minimum Gasteiger partial charge on any atom is -0.496 e. The van der Waals surface area contributed by atoms with Gasteiger partial charge in [-0.25, -0.2) is 0 Å². The predicted molar refractivity (Wildman–Crippen MR) is 155 cm³/mol. The van der Waals surface area contributed by atoms with E-state index < -0.39 is 5.25 Å². The third kappa shape index (κ3) is 6.91. The number of amides is 2. The zero-order valence-electron chi connectivity index (χ0n) is 22.0. The average Bonchev–Trinajstić information content (AvgIpc) is 2.97. The first kappa shape index (κ1) is 27.6. The zero-order valence-corrected chi connectivity index (χ0v) is 22.8. The van der Waals surface area contributed by atoms with Crippen molar-refractivity contribution in [1.82, 2.24) is 0 Å². The summed E-state index contributed by atoms with van der Waals surface area (Å²) in [6.07, 6.45) is 0. The lowest BCUT2D eigenvalue weighted by Crippen LogP contribution is -2.19. The maximum atomic E-state index is 13.5. The fourth-order valence-corrected chi connectivity index (χ4v) is 5.00. The van der Waals surface area contributed by atoms with Crippen molar-refractivity contribution in [2.45, 2.75) is 17.1 Å². The van der Waals surface area contributed by atoms with E-state index in [4.69, 9.17) is 14.2 Å². The second-order valence-corrected chi connectivity index (χ2v) is 9.52. The predicted octanol–water partition coefficient (Wildman–Crippen LogP) is 6.83. The molecule has 200 valence electrons. The molecule has 2 amide bonds. The van der Waals surface area contributed by atoms with Crippen molar-refractivity contribution in [3.63, 3.8) is 0 Å². The van der Waals surface area contributed by atoms with Crippen molar-refractivity contribution in [1.29, 1.82) is 0 Å². The van der Waals surface area contributed by atoms with Gasteiger partial charge in [0.25, 0.3) is 5.91 Å². The Labute approximate surface area is 232 Å². The highest BCUT2D eigenvalue weighted by molar-refractivity contribution is 8.00. The molecule has 0 bridgehead atoms. The molecule has 0 aromatic heterocycles. The molecule has 4 rings (SSSR count). The molecule has 0 heterocycles. The molecular weight excluding hydrogens is 512 g/mol. The lowest BCUT2D eigenvalue weighted by molar-refractivity contribution is -0.115. The molecule has 39 heavy (non-hydrogen) atoms. The molecule has 2 N–H and O–H groups in total. The summed E-state index contributed by atoms with van der Waals surface area (Å²) in [6.45, 7) is 2.40. The highest BCUT2D eigenvalue weighted by Gasteiger charge is 2.23. The van der Waals surface area contributed by atoms with E-state index in [0.29, 0.717) is 40.8 Å². The number of anilines is 2. The molecule has 7 nitrogen and oxygen atoms in total. The number of carbonyl (C=O) groups excluding carboxylic acids is 2. The van der Waals surface area contributed by atoms with E-state index in [0.717, 1.165) is 10.5 Å². The third-order valence-electron chi connectivity index (χ3n) is 5.81. The second-order valence-electron chi connectivity index (χ2n) is 8.34. The number of ether oxygens (including phenoxy) is 3. The SMILES string of the molecule is CCOc1ccccc1NC(=O)C(Sc1ccc(NC(=O)c2c(OC)cccc2OC)cc1)c1ccccc1. The molecule has 8 heteroatoms. The van der Waals surface area contributed by atoms with Crippen LogP contribution < -0.4 is 24.8 Å². The molecule has 0 aliphatic rings. The second kappa shape index (κ2) is 13.4. The standard InChI is InChI=1S/C31H30N2O5S/c1-4-38-25-14-9-8-13-24(25)33-31(35)29(21-11-6-5-7-12-21)39-23-19-17-22(18-20-23)32-30(34)28-26(36-2)15-10-16-27(28)37-3/h5-20,29H,4H2,1-3H3,(H,32,34)(H,33,35). The monoisotopic (exact) mass is 542 g/mol. The number of para-hydroxylation sites is 2. The van der Waals surface area contributed by atoms with Crippen LogP contribution in [0.15, 0.2) is 102 Å². The van der Waals surface area contributed by atoms with Crippen LogP contribution in [-0.4, -0.2) is 32.6 Å². The molecule has 0 radical (unpaired) electrons. The van der Waals surface area contributed by atoms with Crippen molar-refractivity contribution in [2.24, 2.45) is 0 Å². The molecule has 0 aliphatic heterocycles. The van der Waals surface area contributed by atoms with Gasteiger partial charge in [-0.1, -0.05) is 48.5 Å². The molecular formula is C31H30N2O5S. The van der Waals surface area contributed by atoms with Crippen LogP contribution in [0.4, 0.5) is 11.4 Å². The smallest absolute Gasteiger partial charge is 0.263 e. The quantitative estimate of drug-likeness (QED) is 0.202. The van der Waals surface area contributed by atoms with Crippen molar-refractivity contribution < 1.29 is 23.8 Å². The maximum absolute atomic E-state index is 13.5. The van der Waals surface area contributed by atoms with Crippen LogP contribution in [-0.2, 0) is 4.79 Å². The van der Waals surface area contributed by atoms with Gasteiger partial charge in [0.15, 0.2) is 0 Å². The molecule has 1 unspecified atom stereocenters. The van der Waals surface area contributed by atoms with Crippen LogP contribution in [0, 0.1) is 0 Å². The van der Waals surface area contributed by atoms with Crippen LogP contribution in [0.3, 0.4) is 0 Å². The Morgan fingerprint density at radius 1 is 0.744 bits per heavy atom. The minimum atomic E-state index is -0.515. The molecule has 0 spiro atoms. The van der Waals surface area contributed by atoms with Crippen LogP contribution in [0.2, 0.25) is 0 Å². The van der Waals surface area contributed by atoms with Crippen LogP contribution in [0.5, 0.6) is 17.2 Å². The van der Waals surface area contributed by atoms with E-state index in [1.165, 1.54) is 26.0 Å². The van der Waals surface area contributed by atoms with Gasteiger partial charge < -0.3 is 24.8 Å². The van der Waals surface area contributed by atoms with Crippen molar-refractivity contribution >= 4 is 35.0 Å². The number of benzene rings is 4. The van der Waals surface area contributed by atoms with Crippen LogP contribution in [0.25, 0.3) is 0 Å². The number of thioether (sulfide) groups is 1. The summed E-state index contributed by atoms with van der Waals surface area (Å²) in [5.41, 5.74) is 2.41. The van der Waals surface area contributed by atoms with Gasteiger partial charge in [-0.3, -0.25) is 9.59 Å². The van der Waals surface area contributed by atoms with Gasteiger partial charge in [-0.15, -0.1) is 11.8 Å². The highest BCUT2D eigenvalue weighted by atomic mass is 32.2. The molecule has 0 saturated carbocycles. The number of carbonyl (C=O) groups is 2. The fourth-order valence-electron chi connectivity index (χ4n) is 3.97. The van der Waals surface area contributed by atoms with Crippen molar-refractivity contribution in [2.75, 3.05) is 31.5 Å². The van der Waals surface area contributed by atoms with E-state index in [1.54, 1.807) is 30.3 Å². The molecule has 4 aromatic carbocycles. The summed E-state index contributed by atoms with van der Waals surface area (Å²) in [7, 11) is 3.01. The number of nitrogens with one attached hydrogen (secondary N) is 2. The van der Waals surface area contributed by atoms with Gasteiger partial charge in [0.2, 0.25) is 5.91 Å². The van der Waals surface area contributed by atoms with E-state index in [-0.39, 0.29) is 11.8 Å². The van der Waals surface area contributed by atoms with Crippen LogP contribution in [0.1, 0.15) is 28.1 Å². The third-order valence-corrected chi connectivity index (χ3v) is 7.07. The topological polar surface area (TPSA) is 85.9 Å². The number of rotatable bonds is 11. The fraction of sp³-hybridized carbons (Fsp3) is 0.161. The van der Waals surface area contributed by atoms with E-state index >= 15 is 0 Å². The van der Waals surface area contributed by atoms with Gasteiger partial charge in [0.1, 0.15) is 28.1 Å². The summed E-state index contributed by atoms with van der Waals surface area (Å²) >= 11 is 1.42. The van der Waals surface area contributed by atoms with Crippen molar-refractivity contribution in [3.05, 3.63) is 108 Å². The Morgan fingerprint density at radius 3 is 2.00 bits per heavy atom. The Morgan fingerprint density at radius 2 is 1.36 bits per heavy atom. The van der Waals surface area contributed by atoms with E-state index in [1.807, 2.05) is 73.7 Å². The van der Waals surface area contributed by atoms with E-state index in [9.17, 15) is 9.59 Å². The summed E-state index contributed by atoms with van der Waals surface area (Å²) < 4.78 is 16.4. The zero-order chi connectivity index (χ0) is 27.6. The summed E-state index contributed by atoms with van der Waals surface area (Å²) in [4.78, 5) is 27.4. The highest BCUT2D eigenvalue weighted by Crippen LogP contribution is 2.38. The largest absolute Gasteiger partial charge is 0.496 e. The summed E-state index contributed by atoms with van der Waals surface area (Å²) in [5, 5.41) is 5.40. The van der Waals surface area contributed by atoms with Gasteiger partial charge in [0, 0.05) is 10.6 Å². The summed E-state index contributed by atoms with van der Waals surface area (Å²) in [5.74, 6) is 0.943.